The first-order chi connectivity index (χ1) is 6.74. The fraction of sp³-hybridized carbons (Fsp3) is 0.900. The number of hydrogen-bond acceptors (Lipinski definition) is 3. The van der Waals surface area contributed by atoms with Gasteiger partial charge in [0, 0.05) is 19.7 Å². The molecule has 0 aliphatic rings. The first-order valence-corrected chi connectivity index (χ1v) is 5.31. The number of amides is 1. The van der Waals surface area contributed by atoms with Crippen molar-refractivity contribution >= 4 is 5.91 Å². The largest absolute Gasteiger partial charge is 0.380 e. The van der Waals surface area contributed by atoms with Gasteiger partial charge in [-0.1, -0.05) is 6.92 Å². The SMILES string of the molecule is CCNC(=O)CN(CC)CCOCC. The van der Waals surface area contributed by atoms with Gasteiger partial charge in [-0.05, 0) is 20.4 Å². The summed E-state index contributed by atoms with van der Waals surface area (Å²) in [6.07, 6.45) is 0. The first-order valence-electron chi connectivity index (χ1n) is 5.31. The smallest absolute Gasteiger partial charge is 0.234 e. The number of carbonyl (C=O) groups excluding carboxylic acids is 1. The zero-order valence-electron chi connectivity index (χ0n) is 9.51. The fourth-order valence-corrected chi connectivity index (χ4v) is 1.14. The van der Waals surface area contributed by atoms with E-state index in [0.717, 1.165) is 19.7 Å². The number of likely N-dealkylation sites (N-methyl/N-ethyl adjacent to an activating group) is 2. The molecule has 0 aliphatic heterocycles. The Morgan fingerprint density at radius 2 is 2.07 bits per heavy atom. The fourth-order valence-electron chi connectivity index (χ4n) is 1.14. The molecular weight excluding hydrogens is 180 g/mol. The highest BCUT2D eigenvalue weighted by Gasteiger charge is 2.07. The second kappa shape index (κ2) is 8.97. The van der Waals surface area contributed by atoms with Crippen molar-refractivity contribution in [2.45, 2.75) is 20.8 Å². The Labute approximate surface area is 86.6 Å². The topological polar surface area (TPSA) is 41.6 Å². The summed E-state index contributed by atoms with van der Waals surface area (Å²) in [5, 5.41) is 2.78. The van der Waals surface area contributed by atoms with Crippen molar-refractivity contribution in [3.63, 3.8) is 0 Å². The van der Waals surface area contributed by atoms with Gasteiger partial charge in [0.1, 0.15) is 0 Å². The van der Waals surface area contributed by atoms with E-state index in [2.05, 4.69) is 10.2 Å². The summed E-state index contributed by atoms with van der Waals surface area (Å²) in [5.74, 6) is 0.0887. The molecule has 4 nitrogen and oxygen atoms in total. The summed E-state index contributed by atoms with van der Waals surface area (Å²) in [5.41, 5.74) is 0. The molecule has 4 heteroatoms. The monoisotopic (exact) mass is 202 g/mol. The number of carbonyl (C=O) groups is 1. The van der Waals surface area contributed by atoms with E-state index in [-0.39, 0.29) is 5.91 Å². The number of nitrogens with one attached hydrogen (secondary N) is 1. The third-order valence-corrected chi connectivity index (χ3v) is 1.94. The van der Waals surface area contributed by atoms with Crippen molar-refractivity contribution in [3.8, 4) is 0 Å². The van der Waals surface area contributed by atoms with Crippen molar-refractivity contribution in [2.24, 2.45) is 0 Å². The summed E-state index contributed by atoms with van der Waals surface area (Å²) in [6, 6.07) is 0. The Bertz CT molecular complexity index is 151. The maximum absolute atomic E-state index is 11.3. The molecule has 0 aromatic rings. The van der Waals surface area contributed by atoms with Crippen molar-refractivity contribution in [1.29, 1.82) is 0 Å². The van der Waals surface area contributed by atoms with E-state index >= 15 is 0 Å². The van der Waals surface area contributed by atoms with E-state index in [4.69, 9.17) is 4.74 Å². The minimum Gasteiger partial charge on any atom is -0.380 e. The van der Waals surface area contributed by atoms with E-state index in [1.807, 2.05) is 20.8 Å². The molecule has 1 N–H and O–H groups in total. The van der Waals surface area contributed by atoms with E-state index < -0.39 is 0 Å². The predicted octanol–water partition coefficient (Wildman–Crippen LogP) is 0.481. The molecule has 0 spiro atoms. The molecule has 0 saturated carbocycles. The van der Waals surface area contributed by atoms with Crippen LogP contribution in [0.25, 0.3) is 0 Å². The summed E-state index contributed by atoms with van der Waals surface area (Å²) >= 11 is 0. The summed E-state index contributed by atoms with van der Waals surface area (Å²) < 4.78 is 5.23. The van der Waals surface area contributed by atoms with Crippen LogP contribution in [0.1, 0.15) is 20.8 Å². The van der Waals surface area contributed by atoms with Gasteiger partial charge in [0.2, 0.25) is 5.91 Å². The Morgan fingerprint density at radius 1 is 1.36 bits per heavy atom. The molecule has 0 rings (SSSR count). The average molecular weight is 202 g/mol. The van der Waals surface area contributed by atoms with Gasteiger partial charge in [-0.3, -0.25) is 9.69 Å². The highest BCUT2D eigenvalue weighted by atomic mass is 16.5. The van der Waals surface area contributed by atoms with Crippen LogP contribution in [-0.2, 0) is 9.53 Å². The third kappa shape index (κ3) is 6.86. The van der Waals surface area contributed by atoms with Gasteiger partial charge in [-0.2, -0.15) is 0 Å². The van der Waals surface area contributed by atoms with Crippen LogP contribution in [0, 0.1) is 0 Å². The van der Waals surface area contributed by atoms with Crippen LogP contribution in [-0.4, -0.2) is 50.2 Å². The van der Waals surface area contributed by atoms with Crippen LogP contribution in [0.4, 0.5) is 0 Å². The molecule has 0 atom stereocenters. The van der Waals surface area contributed by atoms with Crippen LogP contribution >= 0.6 is 0 Å². The Balaban J connectivity index is 3.61. The van der Waals surface area contributed by atoms with Crippen molar-refractivity contribution in [3.05, 3.63) is 0 Å². The molecule has 0 unspecified atom stereocenters. The lowest BCUT2D eigenvalue weighted by Crippen LogP contribution is -2.38. The van der Waals surface area contributed by atoms with Gasteiger partial charge in [0.05, 0.1) is 13.2 Å². The third-order valence-electron chi connectivity index (χ3n) is 1.94. The minimum absolute atomic E-state index is 0.0887. The zero-order valence-corrected chi connectivity index (χ0v) is 9.51. The number of ether oxygens (including phenoxy) is 1. The maximum Gasteiger partial charge on any atom is 0.234 e. The Kier molecular flexibility index (Phi) is 8.57. The molecule has 14 heavy (non-hydrogen) atoms. The van der Waals surface area contributed by atoms with Crippen molar-refractivity contribution < 1.29 is 9.53 Å². The van der Waals surface area contributed by atoms with E-state index in [1.165, 1.54) is 0 Å². The van der Waals surface area contributed by atoms with Gasteiger partial charge in [0.15, 0.2) is 0 Å². The summed E-state index contributed by atoms with van der Waals surface area (Å²) in [4.78, 5) is 13.3. The van der Waals surface area contributed by atoms with E-state index in [0.29, 0.717) is 19.7 Å². The van der Waals surface area contributed by atoms with Crippen LogP contribution in [0.5, 0.6) is 0 Å². The molecule has 0 fully saturated rings. The molecule has 1 amide bonds. The summed E-state index contributed by atoms with van der Waals surface area (Å²) in [6.45, 7) is 10.2. The van der Waals surface area contributed by atoms with Gasteiger partial charge >= 0.3 is 0 Å². The lowest BCUT2D eigenvalue weighted by molar-refractivity contribution is -0.122. The van der Waals surface area contributed by atoms with Gasteiger partial charge < -0.3 is 10.1 Å². The lowest BCUT2D eigenvalue weighted by atomic mass is 10.4. The second-order valence-electron chi connectivity index (χ2n) is 3.02. The Hall–Kier alpha value is -0.610. The highest BCUT2D eigenvalue weighted by Crippen LogP contribution is 1.88. The lowest BCUT2D eigenvalue weighted by Gasteiger charge is -2.19. The Morgan fingerprint density at radius 3 is 2.57 bits per heavy atom. The molecule has 0 bridgehead atoms. The minimum atomic E-state index is 0.0887. The number of rotatable bonds is 8. The van der Waals surface area contributed by atoms with Crippen molar-refractivity contribution in [1.82, 2.24) is 10.2 Å². The molecule has 0 heterocycles. The van der Waals surface area contributed by atoms with Crippen LogP contribution in [0.2, 0.25) is 0 Å². The number of hydrogen-bond donors (Lipinski definition) is 1. The van der Waals surface area contributed by atoms with Crippen LogP contribution < -0.4 is 5.32 Å². The van der Waals surface area contributed by atoms with Gasteiger partial charge in [-0.25, -0.2) is 0 Å². The number of nitrogens with zero attached hydrogens (tertiary/aromatic N) is 1. The molecule has 0 aromatic carbocycles. The molecule has 0 aromatic heterocycles. The van der Waals surface area contributed by atoms with Crippen LogP contribution in [0.15, 0.2) is 0 Å². The molecule has 0 aliphatic carbocycles. The predicted molar refractivity (Wildman–Crippen MR) is 57.3 cm³/mol. The molecular formula is C10H22N2O2. The average Bonchev–Trinajstić information content (AvgIpc) is 2.17. The maximum atomic E-state index is 11.3. The second-order valence-corrected chi connectivity index (χ2v) is 3.02. The van der Waals surface area contributed by atoms with Gasteiger partial charge in [0.25, 0.3) is 0 Å². The molecule has 84 valence electrons. The normalized spacial score (nSPS) is 10.6. The molecule has 0 radical (unpaired) electrons. The molecule has 0 saturated heterocycles. The van der Waals surface area contributed by atoms with E-state index in [1.54, 1.807) is 0 Å². The standard InChI is InChI=1S/C10H22N2O2/c1-4-11-10(13)9-12(5-2)7-8-14-6-3/h4-9H2,1-3H3,(H,11,13). The van der Waals surface area contributed by atoms with Crippen LogP contribution in [0.3, 0.4) is 0 Å². The van der Waals surface area contributed by atoms with E-state index in [9.17, 15) is 4.79 Å². The first kappa shape index (κ1) is 13.4. The van der Waals surface area contributed by atoms with Gasteiger partial charge in [-0.15, -0.1) is 0 Å². The van der Waals surface area contributed by atoms with Crippen molar-refractivity contribution in [2.75, 3.05) is 39.4 Å². The highest BCUT2D eigenvalue weighted by molar-refractivity contribution is 5.77. The quantitative estimate of drug-likeness (QED) is 0.582. The summed E-state index contributed by atoms with van der Waals surface area (Å²) in [7, 11) is 0. The zero-order chi connectivity index (χ0) is 10.8.